The third-order valence-corrected chi connectivity index (χ3v) is 8.18. The van der Waals surface area contributed by atoms with E-state index in [1.807, 2.05) is 34.9 Å². The van der Waals surface area contributed by atoms with Gasteiger partial charge in [0.1, 0.15) is 6.17 Å². The number of carbonyl (C=O) groups is 2. The lowest BCUT2D eigenvalue weighted by Gasteiger charge is -2.22. The first-order valence-corrected chi connectivity index (χ1v) is 14.1. The Bertz CT molecular complexity index is 1500. The summed E-state index contributed by atoms with van der Waals surface area (Å²) < 4.78 is 15.6. The van der Waals surface area contributed by atoms with Gasteiger partial charge < -0.3 is 10.6 Å². The van der Waals surface area contributed by atoms with Crippen LogP contribution < -0.4 is 16.0 Å². The Kier molecular flexibility index (Phi) is 8.18. The van der Waals surface area contributed by atoms with Crippen molar-refractivity contribution in [3.05, 3.63) is 82.6 Å². The van der Waals surface area contributed by atoms with Gasteiger partial charge in [0.15, 0.2) is 0 Å². The first-order valence-electron chi connectivity index (χ1n) is 13.2. The molecule has 2 heterocycles. The Morgan fingerprint density at radius 1 is 1.13 bits per heavy atom. The maximum absolute atomic E-state index is 13.8. The highest BCUT2D eigenvalue weighted by atomic mass is 32.1. The second-order valence-electron chi connectivity index (χ2n) is 9.83. The van der Waals surface area contributed by atoms with Crippen molar-refractivity contribution < 1.29 is 14.0 Å². The van der Waals surface area contributed by atoms with E-state index in [-0.39, 0.29) is 11.8 Å². The van der Waals surface area contributed by atoms with E-state index in [0.717, 1.165) is 34.5 Å². The van der Waals surface area contributed by atoms with Crippen LogP contribution >= 0.6 is 11.3 Å². The normalized spacial score (nSPS) is 14.7. The molecule has 0 radical (unpaired) electrons. The number of carbonyl (C=O) groups excluding carboxylic acids is 2. The van der Waals surface area contributed by atoms with Gasteiger partial charge in [0.05, 0.1) is 21.6 Å². The van der Waals surface area contributed by atoms with Crippen LogP contribution in [0.15, 0.2) is 67.3 Å². The molecule has 39 heavy (non-hydrogen) atoms. The molecule has 4 aromatic rings. The minimum absolute atomic E-state index is 0.318. The lowest BCUT2D eigenvalue weighted by Crippen LogP contribution is -2.30. The van der Waals surface area contributed by atoms with Crippen LogP contribution in [0.4, 0.5) is 16.0 Å². The maximum atomic E-state index is 13.8. The van der Waals surface area contributed by atoms with Gasteiger partial charge in [-0.15, -0.1) is 11.3 Å². The largest absolute Gasteiger partial charge is 0.322 e. The number of aromatic nitrogens is 2. The van der Waals surface area contributed by atoms with Gasteiger partial charge in [-0.25, -0.2) is 9.37 Å². The summed E-state index contributed by atoms with van der Waals surface area (Å²) in [6.45, 7) is 5.71. The number of anilines is 2. The summed E-state index contributed by atoms with van der Waals surface area (Å²) in [6, 6.07) is 17.2. The summed E-state index contributed by atoms with van der Waals surface area (Å²) in [6.07, 6.45) is 6.33. The Morgan fingerprint density at radius 3 is 2.69 bits per heavy atom. The number of halogens is 1. The third kappa shape index (κ3) is 6.26. The number of nitrogens with zero attached hydrogens (tertiary/aromatic N) is 2. The highest BCUT2D eigenvalue weighted by molar-refractivity contribution is 7.14. The molecule has 1 atom stereocenters. The number of fused-ring (bicyclic) bond motifs is 1. The second-order valence-corrected chi connectivity index (χ2v) is 10.9. The van der Waals surface area contributed by atoms with Crippen molar-refractivity contribution in [2.45, 2.75) is 57.8 Å². The summed E-state index contributed by atoms with van der Waals surface area (Å²) in [5.41, 5.74) is 3.96. The van der Waals surface area contributed by atoms with E-state index in [0.29, 0.717) is 33.1 Å². The first kappa shape index (κ1) is 26.8. The molecule has 2 amide bonds. The van der Waals surface area contributed by atoms with E-state index in [2.05, 4.69) is 28.6 Å². The molecule has 7 nitrogen and oxygen atoms in total. The van der Waals surface area contributed by atoms with Gasteiger partial charge in [-0.1, -0.05) is 38.0 Å². The van der Waals surface area contributed by atoms with Crippen molar-refractivity contribution in [3.63, 3.8) is 0 Å². The van der Waals surface area contributed by atoms with Gasteiger partial charge in [-0.2, -0.15) is 0 Å². The molecule has 0 saturated heterocycles. The fourth-order valence-electron chi connectivity index (χ4n) is 4.92. The molecule has 0 spiro atoms. The molecule has 202 valence electrons. The molecular weight excluding hydrogens is 513 g/mol. The van der Waals surface area contributed by atoms with Crippen molar-refractivity contribution >= 4 is 45.8 Å². The number of nitrogens with one attached hydrogen (secondary N) is 3. The zero-order valence-corrected chi connectivity index (χ0v) is 22.7. The van der Waals surface area contributed by atoms with Crippen LogP contribution in [0, 0.1) is 0 Å². The molecule has 1 aliphatic rings. The molecule has 1 fully saturated rings. The minimum atomic E-state index is -1.14. The predicted octanol–water partition coefficient (Wildman–Crippen LogP) is 6.92. The minimum Gasteiger partial charge on any atom is -0.322 e. The highest BCUT2D eigenvalue weighted by Crippen LogP contribution is 2.30. The number of amides is 2. The van der Waals surface area contributed by atoms with Crippen LogP contribution in [-0.4, -0.2) is 27.4 Å². The quantitative estimate of drug-likeness (QED) is 0.199. The summed E-state index contributed by atoms with van der Waals surface area (Å²) in [7, 11) is 0. The molecule has 9 heteroatoms. The number of imidazole rings is 1. The average Bonchev–Trinajstić information content (AvgIpc) is 3.58. The summed E-state index contributed by atoms with van der Waals surface area (Å²) in [5.74, 6) is -0.344. The second kappa shape index (κ2) is 11.9. The van der Waals surface area contributed by atoms with Crippen LogP contribution in [0.1, 0.15) is 65.3 Å². The van der Waals surface area contributed by atoms with E-state index in [9.17, 15) is 14.0 Å². The molecule has 1 saturated carbocycles. The average molecular weight is 546 g/mol. The molecule has 0 aliphatic heterocycles. The van der Waals surface area contributed by atoms with E-state index < -0.39 is 6.17 Å². The fraction of sp³-hybridized carbons (Fsp3) is 0.300. The molecule has 1 unspecified atom stereocenters. The van der Waals surface area contributed by atoms with Crippen LogP contribution in [0.5, 0.6) is 0 Å². The van der Waals surface area contributed by atoms with Crippen LogP contribution in [0.3, 0.4) is 0 Å². The van der Waals surface area contributed by atoms with Gasteiger partial charge in [0.25, 0.3) is 5.91 Å². The number of thiophene rings is 1. The van der Waals surface area contributed by atoms with Gasteiger partial charge in [0.2, 0.25) is 11.9 Å². The van der Waals surface area contributed by atoms with E-state index in [1.165, 1.54) is 45.1 Å². The van der Waals surface area contributed by atoms with Crippen molar-refractivity contribution in [1.82, 2.24) is 14.9 Å². The molecule has 2 aromatic heterocycles. The van der Waals surface area contributed by atoms with E-state index in [4.69, 9.17) is 4.98 Å². The van der Waals surface area contributed by atoms with E-state index >= 15 is 0 Å². The van der Waals surface area contributed by atoms with Crippen molar-refractivity contribution in [1.29, 1.82) is 0 Å². The summed E-state index contributed by atoms with van der Waals surface area (Å²) in [5, 5.41) is 9.37. The van der Waals surface area contributed by atoms with Gasteiger partial charge >= 0.3 is 0 Å². The van der Waals surface area contributed by atoms with Gasteiger partial charge in [-0.05, 0) is 73.9 Å². The van der Waals surface area contributed by atoms with E-state index in [1.54, 1.807) is 18.2 Å². The van der Waals surface area contributed by atoms with Crippen LogP contribution in [-0.2, 0) is 11.3 Å². The Morgan fingerprint density at radius 2 is 1.95 bits per heavy atom. The molecular formula is C30H32FN5O2S. The number of rotatable bonds is 9. The molecule has 5 rings (SSSR count). The van der Waals surface area contributed by atoms with Crippen LogP contribution in [0.25, 0.3) is 16.7 Å². The Hall–Kier alpha value is -3.82. The molecule has 3 N–H and O–H groups in total. The zero-order valence-electron chi connectivity index (χ0n) is 21.9. The van der Waals surface area contributed by atoms with Crippen molar-refractivity contribution in [2.24, 2.45) is 0 Å². The predicted molar refractivity (Wildman–Crippen MR) is 155 cm³/mol. The number of hydrogen-bond donors (Lipinski definition) is 3. The Balaban J connectivity index is 1.49. The number of benzene rings is 2. The van der Waals surface area contributed by atoms with Gasteiger partial charge in [0, 0.05) is 23.2 Å². The standard InChI is InChI=1S/C30H32FN5O2S/c1-3-28(37)33-22-10-7-11-23(17-22)36-25-13-12-20(18-32-21-8-5-4-6-9-21)16-24(25)34-30(36)35-29(38)27-15-14-26(39-27)19(2)31/h3,7,10-17,19,21,32H,1,4-6,8-9,18H2,2H3,(H,33,37)(H,34,35,38). The first-order chi connectivity index (χ1) is 18.9. The molecule has 1 aliphatic carbocycles. The van der Waals surface area contributed by atoms with Crippen LogP contribution in [0.2, 0.25) is 0 Å². The zero-order chi connectivity index (χ0) is 27.4. The van der Waals surface area contributed by atoms with Gasteiger partial charge in [-0.3, -0.25) is 19.5 Å². The number of hydrogen-bond acceptors (Lipinski definition) is 5. The summed E-state index contributed by atoms with van der Waals surface area (Å²) >= 11 is 1.12. The lowest BCUT2D eigenvalue weighted by molar-refractivity contribution is -0.111. The third-order valence-electron chi connectivity index (χ3n) is 6.94. The smallest absolute Gasteiger partial charge is 0.268 e. The number of alkyl halides is 1. The summed E-state index contributed by atoms with van der Waals surface area (Å²) in [4.78, 5) is 30.7. The fourth-order valence-corrected chi connectivity index (χ4v) is 5.75. The van der Waals surface area contributed by atoms with Crippen molar-refractivity contribution in [2.75, 3.05) is 10.6 Å². The van der Waals surface area contributed by atoms with Crippen molar-refractivity contribution in [3.8, 4) is 5.69 Å². The molecule has 2 aromatic carbocycles. The monoisotopic (exact) mass is 545 g/mol. The maximum Gasteiger partial charge on any atom is 0.268 e. The topological polar surface area (TPSA) is 88.1 Å². The Labute approximate surface area is 231 Å². The molecule has 0 bridgehead atoms. The lowest BCUT2D eigenvalue weighted by atomic mass is 9.95. The SMILES string of the molecule is C=CC(=O)Nc1cccc(-n2c(NC(=O)c3ccc(C(C)F)s3)nc3cc(CNC4CCCCC4)ccc32)c1. The highest BCUT2D eigenvalue weighted by Gasteiger charge is 2.19.